The van der Waals surface area contributed by atoms with Crippen molar-refractivity contribution in [2.45, 2.75) is 24.2 Å². The Hall–Kier alpha value is -2.95. The van der Waals surface area contributed by atoms with Crippen LogP contribution >= 0.6 is 11.8 Å². The molecular weight excluding hydrogens is 393 g/mol. The monoisotopic (exact) mass is 406 g/mol. The van der Waals surface area contributed by atoms with Gasteiger partial charge in [-0.15, -0.1) is 10.2 Å². The van der Waals surface area contributed by atoms with Crippen LogP contribution in [0.2, 0.25) is 0 Å². The van der Waals surface area contributed by atoms with Gasteiger partial charge in [0, 0.05) is 36.3 Å². The molecule has 0 saturated heterocycles. The fourth-order valence-corrected chi connectivity index (χ4v) is 3.35. The fraction of sp³-hybridized carbons (Fsp3) is 0.235. The molecule has 0 aliphatic heterocycles. The number of fused-ring (bicyclic) bond motifs is 1. The van der Waals surface area contributed by atoms with Gasteiger partial charge < -0.3 is 4.52 Å². The van der Waals surface area contributed by atoms with E-state index in [4.69, 9.17) is 4.52 Å². The van der Waals surface area contributed by atoms with Gasteiger partial charge in [-0.25, -0.2) is 0 Å². The van der Waals surface area contributed by atoms with Gasteiger partial charge in [-0.3, -0.25) is 9.38 Å². The van der Waals surface area contributed by atoms with Gasteiger partial charge in [0.25, 0.3) is 0 Å². The van der Waals surface area contributed by atoms with E-state index in [1.165, 1.54) is 22.2 Å². The van der Waals surface area contributed by atoms with Crippen LogP contribution in [0.1, 0.15) is 17.9 Å². The van der Waals surface area contributed by atoms with Gasteiger partial charge in [-0.05, 0) is 30.7 Å². The van der Waals surface area contributed by atoms with Gasteiger partial charge in [-0.2, -0.15) is 18.2 Å². The molecule has 0 unspecified atom stereocenters. The SMILES string of the molecule is FC(F)(F)c1ccc2nnc(SCCCc3nc(-c4ccncc4)no3)n2c1. The first-order valence-electron chi connectivity index (χ1n) is 8.28. The summed E-state index contributed by atoms with van der Waals surface area (Å²) in [6.07, 6.45) is 1.14. The summed E-state index contributed by atoms with van der Waals surface area (Å²) in [4.78, 5) is 8.27. The van der Waals surface area contributed by atoms with E-state index in [1.807, 2.05) is 0 Å². The summed E-state index contributed by atoms with van der Waals surface area (Å²) >= 11 is 1.32. The minimum Gasteiger partial charge on any atom is -0.339 e. The minimum absolute atomic E-state index is 0.370. The number of aryl methyl sites for hydroxylation is 1. The fourth-order valence-electron chi connectivity index (χ4n) is 2.50. The molecule has 144 valence electrons. The zero-order valence-corrected chi connectivity index (χ0v) is 15.1. The lowest BCUT2D eigenvalue weighted by Gasteiger charge is -2.07. The van der Waals surface area contributed by atoms with Crippen molar-refractivity contribution < 1.29 is 17.7 Å². The van der Waals surface area contributed by atoms with Crippen molar-refractivity contribution in [3.05, 3.63) is 54.3 Å². The summed E-state index contributed by atoms with van der Waals surface area (Å²) in [6.45, 7) is 0. The van der Waals surface area contributed by atoms with Crippen molar-refractivity contribution in [1.82, 2.24) is 29.7 Å². The van der Waals surface area contributed by atoms with E-state index in [1.54, 1.807) is 24.5 Å². The molecule has 7 nitrogen and oxygen atoms in total. The Labute approximate surface area is 161 Å². The standard InChI is InChI=1S/C17H13F3N6OS/c18-17(19,20)12-3-4-13-23-24-16(26(13)10-12)28-9-1-2-14-22-15(25-27-14)11-5-7-21-8-6-11/h3-8,10H,1-2,9H2. The highest BCUT2D eigenvalue weighted by Crippen LogP contribution is 2.30. The third-order valence-electron chi connectivity index (χ3n) is 3.87. The molecule has 0 amide bonds. The first-order valence-corrected chi connectivity index (χ1v) is 9.27. The van der Waals surface area contributed by atoms with Crippen molar-refractivity contribution in [3.8, 4) is 11.4 Å². The zero-order valence-electron chi connectivity index (χ0n) is 14.3. The largest absolute Gasteiger partial charge is 0.417 e. The van der Waals surface area contributed by atoms with Crippen molar-refractivity contribution in [2.75, 3.05) is 5.75 Å². The number of alkyl halides is 3. The van der Waals surface area contributed by atoms with E-state index < -0.39 is 11.7 Å². The maximum Gasteiger partial charge on any atom is 0.417 e. The van der Waals surface area contributed by atoms with Gasteiger partial charge in [-0.1, -0.05) is 16.9 Å². The summed E-state index contributed by atoms with van der Waals surface area (Å²) in [6, 6.07) is 5.87. The Kier molecular flexibility index (Phi) is 4.99. The van der Waals surface area contributed by atoms with Gasteiger partial charge in [0.1, 0.15) is 0 Å². The lowest BCUT2D eigenvalue weighted by atomic mass is 10.2. The van der Waals surface area contributed by atoms with Crippen LogP contribution in [0.4, 0.5) is 13.2 Å². The Balaban J connectivity index is 1.36. The topological polar surface area (TPSA) is 82.0 Å². The second-order valence-electron chi connectivity index (χ2n) is 5.83. The molecular formula is C17H13F3N6OS. The van der Waals surface area contributed by atoms with Crippen LogP contribution in [0.15, 0.2) is 52.5 Å². The molecule has 0 aliphatic carbocycles. The number of aromatic nitrogens is 6. The molecule has 0 spiro atoms. The predicted molar refractivity (Wildman–Crippen MR) is 94.6 cm³/mol. The highest BCUT2D eigenvalue weighted by Gasteiger charge is 2.31. The third kappa shape index (κ3) is 3.98. The maximum absolute atomic E-state index is 12.9. The molecule has 0 saturated carbocycles. The molecule has 0 N–H and O–H groups in total. The zero-order chi connectivity index (χ0) is 19.6. The first-order chi connectivity index (χ1) is 13.5. The second kappa shape index (κ2) is 7.58. The number of hydrogen-bond donors (Lipinski definition) is 0. The average Bonchev–Trinajstić information content (AvgIpc) is 3.32. The molecule has 4 rings (SSSR count). The van der Waals surface area contributed by atoms with Crippen LogP contribution in [-0.4, -0.2) is 35.5 Å². The van der Waals surface area contributed by atoms with E-state index >= 15 is 0 Å². The van der Waals surface area contributed by atoms with Gasteiger partial charge >= 0.3 is 6.18 Å². The van der Waals surface area contributed by atoms with Gasteiger partial charge in [0.05, 0.1) is 5.56 Å². The van der Waals surface area contributed by atoms with Crippen LogP contribution < -0.4 is 0 Å². The summed E-state index contributed by atoms with van der Waals surface area (Å²) < 4.78 is 45.2. The molecule has 0 aliphatic rings. The lowest BCUT2D eigenvalue weighted by Crippen LogP contribution is -2.06. The number of hydrogen-bond acceptors (Lipinski definition) is 7. The average molecular weight is 406 g/mol. The van der Waals surface area contributed by atoms with Crippen LogP contribution in [0.25, 0.3) is 17.0 Å². The molecule has 4 aromatic rings. The first kappa shape index (κ1) is 18.4. The van der Waals surface area contributed by atoms with E-state index in [-0.39, 0.29) is 0 Å². The smallest absolute Gasteiger partial charge is 0.339 e. The number of nitrogens with zero attached hydrogens (tertiary/aromatic N) is 6. The molecule has 0 fully saturated rings. The molecule has 28 heavy (non-hydrogen) atoms. The number of rotatable bonds is 6. The molecule has 0 bridgehead atoms. The summed E-state index contributed by atoms with van der Waals surface area (Å²) in [5.41, 5.74) is 0.445. The van der Waals surface area contributed by atoms with E-state index in [0.29, 0.717) is 41.1 Å². The summed E-state index contributed by atoms with van der Waals surface area (Å²) in [7, 11) is 0. The predicted octanol–water partition coefficient (Wildman–Crippen LogP) is 3.92. The summed E-state index contributed by atoms with van der Waals surface area (Å²) in [5.74, 6) is 1.61. The third-order valence-corrected chi connectivity index (χ3v) is 4.90. The number of thioether (sulfide) groups is 1. The van der Waals surface area contributed by atoms with Crippen LogP contribution in [0, 0.1) is 0 Å². The normalized spacial score (nSPS) is 12.0. The molecule has 0 aromatic carbocycles. The Morgan fingerprint density at radius 3 is 2.68 bits per heavy atom. The van der Waals surface area contributed by atoms with Gasteiger partial charge in [0.2, 0.25) is 11.7 Å². The molecule has 0 atom stereocenters. The maximum atomic E-state index is 12.9. The Morgan fingerprint density at radius 2 is 1.89 bits per heavy atom. The molecule has 4 heterocycles. The van der Waals surface area contributed by atoms with Gasteiger partial charge in [0.15, 0.2) is 10.8 Å². The van der Waals surface area contributed by atoms with E-state index in [0.717, 1.165) is 17.8 Å². The Morgan fingerprint density at radius 1 is 1.07 bits per heavy atom. The minimum atomic E-state index is -4.41. The highest BCUT2D eigenvalue weighted by atomic mass is 32.2. The quantitative estimate of drug-likeness (QED) is 0.355. The van der Waals surface area contributed by atoms with E-state index in [9.17, 15) is 13.2 Å². The van der Waals surface area contributed by atoms with Crippen LogP contribution in [0.3, 0.4) is 0 Å². The molecule has 11 heteroatoms. The lowest BCUT2D eigenvalue weighted by molar-refractivity contribution is -0.137. The van der Waals surface area contributed by atoms with Crippen molar-refractivity contribution >= 4 is 17.4 Å². The second-order valence-corrected chi connectivity index (χ2v) is 6.89. The molecule has 4 aromatic heterocycles. The van der Waals surface area contributed by atoms with Crippen LogP contribution in [-0.2, 0) is 12.6 Å². The number of pyridine rings is 2. The highest BCUT2D eigenvalue weighted by molar-refractivity contribution is 7.99. The Bertz CT molecular complexity index is 1080. The van der Waals surface area contributed by atoms with Crippen LogP contribution in [0.5, 0.6) is 0 Å². The van der Waals surface area contributed by atoms with Crippen molar-refractivity contribution in [3.63, 3.8) is 0 Å². The summed E-state index contributed by atoms with van der Waals surface area (Å²) in [5, 5.41) is 12.2. The molecule has 0 radical (unpaired) electrons. The van der Waals surface area contributed by atoms with Crippen molar-refractivity contribution in [1.29, 1.82) is 0 Å². The van der Waals surface area contributed by atoms with E-state index in [2.05, 4.69) is 25.3 Å². The van der Waals surface area contributed by atoms with Crippen molar-refractivity contribution in [2.24, 2.45) is 0 Å². The number of halogens is 3.